The number of carboxylic acid groups (broad SMARTS) is 1. The van der Waals surface area contributed by atoms with Crippen molar-refractivity contribution in [3.05, 3.63) is 30.1 Å². The fourth-order valence-electron chi connectivity index (χ4n) is 2.17. The lowest BCUT2D eigenvalue weighted by molar-refractivity contribution is -0.132. The highest BCUT2D eigenvalue weighted by atomic mass is 16.4. The van der Waals surface area contributed by atoms with Gasteiger partial charge in [-0.2, -0.15) is 5.10 Å². The second-order valence-corrected chi connectivity index (χ2v) is 4.31. The van der Waals surface area contributed by atoms with E-state index in [1.807, 2.05) is 6.07 Å². The van der Waals surface area contributed by atoms with Gasteiger partial charge in [-0.25, -0.2) is 4.79 Å². The molecule has 1 atom stereocenters. The molecule has 2 heterocycles. The van der Waals surface area contributed by atoms with Gasteiger partial charge in [-0.05, 0) is 18.9 Å². The molecule has 1 unspecified atom stereocenters. The Hall–Kier alpha value is -2.11. The summed E-state index contributed by atoms with van der Waals surface area (Å²) < 4.78 is 0. The third-order valence-electron chi connectivity index (χ3n) is 3.06. The molecule has 1 aliphatic heterocycles. The topological polar surface area (TPSA) is 86.3 Å². The molecule has 0 saturated carbocycles. The first-order valence-corrected chi connectivity index (χ1v) is 5.86. The van der Waals surface area contributed by atoms with Gasteiger partial charge in [0, 0.05) is 43.1 Å². The predicted molar refractivity (Wildman–Crippen MR) is 63.9 cm³/mol. The van der Waals surface area contributed by atoms with Gasteiger partial charge in [0.05, 0.1) is 0 Å². The van der Waals surface area contributed by atoms with Gasteiger partial charge in [0.1, 0.15) is 0 Å². The number of aromatic nitrogens is 2. The molecule has 0 aliphatic carbocycles. The minimum atomic E-state index is -1.11. The molecule has 2 N–H and O–H groups in total. The van der Waals surface area contributed by atoms with E-state index in [1.54, 1.807) is 11.1 Å². The zero-order valence-corrected chi connectivity index (χ0v) is 9.87. The lowest BCUT2D eigenvalue weighted by atomic mass is 9.95. The predicted octanol–water partition coefficient (Wildman–Crippen LogP) is 0.756. The zero-order chi connectivity index (χ0) is 13.0. The van der Waals surface area contributed by atoms with Crippen molar-refractivity contribution in [1.82, 2.24) is 15.1 Å². The number of nitrogens with zero attached hydrogens (tertiary/aromatic N) is 2. The van der Waals surface area contributed by atoms with E-state index >= 15 is 0 Å². The van der Waals surface area contributed by atoms with Crippen LogP contribution in [0.15, 0.2) is 24.4 Å². The van der Waals surface area contributed by atoms with Crippen molar-refractivity contribution < 1.29 is 14.7 Å². The number of carboxylic acids is 1. The lowest BCUT2D eigenvalue weighted by Gasteiger charge is -2.31. The number of hydrogen-bond donors (Lipinski definition) is 2. The Balaban J connectivity index is 1.98. The average molecular weight is 249 g/mol. The summed E-state index contributed by atoms with van der Waals surface area (Å²) in [4.78, 5) is 23.8. The number of carbonyl (C=O) groups is 2. The highest BCUT2D eigenvalue weighted by Gasteiger charge is 2.24. The number of aliphatic carboxylic acids is 1. The van der Waals surface area contributed by atoms with Crippen LogP contribution in [0.5, 0.6) is 0 Å². The molecule has 0 bridgehead atoms. The van der Waals surface area contributed by atoms with Crippen molar-refractivity contribution in [2.45, 2.75) is 18.8 Å². The van der Waals surface area contributed by atoms with E-state index in [1.165, 1.54) is 0 Å². The average Bonchev–Trinajstić information content (AvgIpc) is 2.90. The Morgan fingerprint density at radius 3 is 3.00 bits per heavy atom. The van der Waals surface area contributed by atoms with Crippen LogP contribution in [-0.4, -0.2) is 45.2 Å². The summed E-state index contributed by atoms with van der Waals surface area (Å²) in [6, 6.07) is 1.91. The molecule has 0 aromatic carbocycles. The van der Waals surface area contributed by atoms with Gasteiger partial charge < -0.3 is 10.0 Å². The van der Waals surface area contributed by atoms with Crippen LogP contribution >= 0.6 is 0 Å². The summed E-state index contributed by atoms with van der Waals surface area (Å²) >= 11 is 0. The van der Waals surface area contributed by atoms with E-state index in [4.69, 9.17) is 5.11 Å². The first kappa shape index (κ1) is 12.3. The van der Waals surface area contributed by atoms with Crippen molar-refractivity contribution in [1.29, 1.82) is 0 Å². The van der Waals surface area contributed by atoms with Crippen molar-refractivity contribution in [3.8, 4) is 0 Å². The number of hydrogen-bond acceptors (Lipinski definition) is 3. The van der Waals surface area contributed by atoms with Gasteiger partial charge in [0.15, 0.2) is 0 Å². The summed E-state index contributed by atoms with van der Waals surface area (Å²) in [6.45, 7) is 1.28. The third-order valence-corrected chi connectivity index (χ3v) is 3.06. The molecule has 1 aromatic rings. The second kappa shape index (κ2) is 5.48. The molecule has 96 valence electrons. The lowest BCUT2D eigenvalue weighted by Crippen LogP contribution is -2.38. The minimum absolute atomic E-state index is 0.249. The van der Waals surface area contributed by atoms with E-state index < -0.39 is 5.97 Å². The van der Waals surface area contributed by atoms with Gasteiger partial charge in [-0.1, -0.05) is 0 Å². The van der Waals surface area contributed by atoms with E-state index in [2.05, 4.69) is 10.2 Å². The maximum atomic E-state index is 11.8. The van der Waals surface area contributed by atoms with Crippen molar-refractivity contribution in [3.63, 3.8) is 0 Å². The maximum Gasteiger partial charge on any atom is 0.328 e. The first-order chi connectivity index (χ1) is 8.66. The maximum absolute atomic E-state index is 11.8. The van der Waals surface area contributed by atoms with Crippen molar-refractivity contribution in [2.75, 3.05) is 13.1 Å². The Labute approximate surface area is 104 Å². The van der Waals surface area contributed by atoms with Crippen LogP contribution in [0.3, 0.4) is 0 Å². The summed E-state index contributed by atoms with van der Waals surface area (Å²) in [6.07, 6.45) is 5.60. The highest BCUT2D eigenvalue weighted by Crippen LogP contribution is 2.25. The molecule has 18 heavy (non-hydrogen) atoms. The van der Waals surface area contributed by atoms with Gasteiger partial charge >= 0.3 is 5.97 Å². The molecular weight excluding hydrogens is 234 g/mol. The van der Waals surface area contributed by atoms with Crippen LogP contribution < -0.4 is 0 Å². The quantitative estimate of drug-likeness (QED) is 0.774. The normalized spacial score (nSPS) is 20.2. The van der Waals surface area contributed by atoms with E-state index in [-0.39, 0.29) is 11.8 Å². The van der Waals surface area contributed by atoms with E-state index in [9.17, 15) is 9.59 Å². The highest BCUT2D eigenvalue weighted by molar-refractivity contribution is 5.93. The van der Waals surface area contributed by atoms with Crippen LogP contribution in [0.1, 0.15) is 24.5 Å². The number of H-pyrrole nitrogens is 1. The number of rotatable bonds is 3. The van der Waals surface area contributed by atoms with E-state index in [0.717, 1.165) is 30.7 Å². The number of aromatic amines is 1. The number of nitrogens with one attached hydrogen (secondary N) is 1. The minimum Gasteiger partial charge on any atom is -0.478 e. The first-order valence-electron chi connectivity index (χ1n) is 5.86. The Morgan fingerprint density at radius 2 is 2.33 bits per heavy atom. The fraction of sp³-hybridized carbons (Fsp3) is 0.417. The molecule has 0 radical (unpaired) electrons. The van der Waals surface area contributed by atoms with Crippen molar-refractivity contribution >= 4 is 11.9 Å². The Bertz CT molecular complexity index is 453. The fourth-order valence-corrected chi connectivity index (χ4v) is 2.17. The molecule has 0 spiro atoms. The number of likely N-dealkylation sites (tertiary alicyclic amines) is 1. The molecule has 6 heteroatoms. The number of carbonyl (C=O) groups excluding carboxylic acids is 1. The molecule has 1 aliphatic rings. The summed E-state index contributed by atoms with van der Waals surface area (Å²) in [5.74, 6) is -1.10. The van der Waals surface area contributed by atoms with Gasteiger partial charge in [-0.3, -0.25) is 9.89 Å². The molecule has 2 rings (SSSR count). The summed E-state index contributed by atoms with van der Waals surface area (Å²) in [5, 5.41) is 15.3. The van der Waals surface area contributed by atoms with Crippen LogP contribution in [0.4, 0.5) is 0 Å². The largest absolute Gasteiger partial charge is 0.478 e. The van der Waals surface area contributed by atoms with Crippen LogP contribution in [-0.2, 0) is 9.59 Å². The molecule has 1 fully saturated rings. The SMILES string of the molecule is O=C(O)/C=C/C(=O)N1CCCC(c2ccn[nH]2)C1. The molecule has 6 nitrogen and oxygen atoms in total. The summed E-state index contributed by atoms with van der Waals surface area (Å²) in [5.41, 5.74) is 1.02. The third kappa shape index (κ3) is 2.97. The van der Waals surface area contributed by atoms with Gasteiger partial charge in [-0.15, -0.1) is 0 Å². The molecular formula is C12H15N3O3. The van der Waals surface area contributed by atoms with Crippen LogP contribution in [0, 0.1) is 0 Å². The number of amides is 1. The molecule has 1 saturated heterocycles. The Morgan fingerprint density at radius 1 is 1.50 bits per heavy atom. The Kier molecular flexibility index (Phi) is 3.76. The molecule has 1 aromatic heterocycles. The zero-order valence-electron chi connectivity index (χ0n) is 9.87. The molecule has 1 amide bonds. The smallest absolute Gasteiger partial charge is 0.328 e. The standard InChI is InChI=1S/C12H15N3O3/c16-11(3-4-12(17)18)15-7-1-2-9(8-15)10-5-6-13-14-10/h3-6,9H,1-2,7-8H2,(H,13,14)(H,17,18)/b4-3+. The van der Waals surface area contributed by atoms with Gasteiger partial charge in [0.25, 0.3) is 0 Å². The van der Waals surface area contributed by atoms with Crippen LogP contribution in [0.25, 0.3) is 0 Å². The van der Waals surface area contributed by atoms with E-state index in [0.29, 0.717) is 13.1 Å². The number of piperidine rings is 1. The summed E-state index contributed by atoms with van der Waals surface area (Å²) in [7, 11) is 0. The second-order valence-electron chi connectivity index (χ2n) is 4.31. The van der Waals surface area contributed by atoms with Crippen molar-refractivity contribution in [2.24, 2.45) is 0 Å². The van der Waals surface area contributed by atoms with Gasteiger partial charge in [0.2, 0.25) is 5.91 Å². The van der Waals surface area contributed by atoms with Crippen LogP contribution in [0.2, 0.25) is 0 Å². The monoisotopic (exact) mass is 249 g/mol.